The smallest absolute Gasteiger partial charge is 0.250 e. The topological polar surface area (TPSA) is 67.2 Å². The van der Waals surface area contributed by atoms with E-state index in [2.05, 4.69) is 20.7 Å². The van der Waals surface area contributed by atoms with Crippen LogP contribution in [-0.2, 0) is 10.5 Å². The fraction of sp³-hybridized carbons (Fsp3) is 0.158. The number of aromatic nitrogens is 2. The minimum Gasteiger partial charge on any atom is -0.272 e. The highest BCUT2D eigenvalue weighted by atomic mass is 35.5. The predicted molar refractivity (Wildman–Crippen MR) is 119 cm³/mol. The molecule has 1 aromatic heterocycles. The average Bonchev–Trinajstić information content (AvgIpc) is 3.14. The van der Waals surface area contributed by atoms with Gasteiger partial charge in [-0.25, -0.2) is 5.43 Å². The lowest BCUT2D eigenvalue weighted by Gasteiger charge is -2.00. The summed E-state index contributed by atoms with van der Waals surface area (Å²) in [7, 11) is 0. The highest BCUT2D eigenvalue weighted by Gasteiger charge is 2.09. The van der Waals surface area contributed by atoms with Crippen molar-refractivity contribution in [1.29, 1.82) is 0 Å². The Labute approximate surface area is 181 Å². The minimum atomic E-state index is -0.186. The Morgan fingerprint density at radius 3 is 2.75 bits per heavy atom. The van der Waals surface area contributed by atoms with E-state index in [-0.39, 0.29) is 11.7 Å². The Bertz CT molecular complexity index is 977. The molecule has 0 aliphatic heterocycles. The largest absolute Gasteiger partial charge is 0.272 e. The van der Waals surface area contributed by atoms with Gasteiger partial charge in [0.15, 0.2) is 8.68 Å². The Morgan fingerprint density at radius 1 is 1.18 bits per heavy atom. The highest BCUT2D eigenvalue weighted by molar-refractivity contribution is 8.03. The normalized spacial score (nSPS) is 11.1. The molecule has 0 radical (unpaired) electrons. The van der Waals surface area contributed by atoms with Gasteiger partial charge in [-0.1, -0.05) is 94.5 Å². The van der Waals surface area contributed by atoms with E-state index >= 15 is 0 Å². The molecule has 0 fully saturated rings. The van der Waals surface area contributed by atoms with Gasteiger partial charge < -0.3 is 0 Å². The molecule has 2 aromatic carbocycles. The van der Waals surface area contributed by atoms with Gasteiger partial charge in [0.1, 0.15) is 0 Å². The molecule has 1 N–H and O–H groups in total. The van der Waals surface area contributed by atoms with Gasteiger partial charge in [-0.15, -0.1) is 10.2 Å². The molecule has 3 aromatic rings. The van der Waals surface area contributed by atoms with E-state index in [9.17, 15) is 4.79 Å². The number of benzene rings is 2. The lowest BCUT2D eigenvalue weighted by atomic mass is 10.2. The van der Waals surface area contributed by atoms with E-state index in [0.29, 0.717) is 0 Å². The van der Waals surface area contributed by atoms with E-state index in [4.69, 9.17) is 11.6 Å². The van der Waals surface area contributed by atoms with E-state index in [1.807, 2.05) is 55.5 Å². The van der Waals surface area contributed by atoms with E-state index in [1.165, 1.54) is 23.1 Å². The Balaban J connectivity index is 1.42. The molecule has 0 aliphatic rings. The lowest BCUT2D eigenvalue weighted by Crippen LogP contribution is -2.19. The molecule has 0 unspecified atom stereocenters. The van der Waals surface area contributed by atoms with Crippen molar-refractivity contribution in [2.75, 3.05) is 5.75 Å². The van der Waals surface area contributed by atoms with Gasteiger partial charge in [-0.05, 0) is 24.1 Å². The third-order valence-corrected chi connectivity index (χ3v) is 7.08. The van der Waals surface area contributed by atoms with Gasteiger partial charge in [0, 0.05) is 10.8 Å². The summed E-state index contributed by atoms with van der Waals surface area (Å²) in [6.45, 7) is 2.01. The summed E-state index contributed by atoms with van der Waals surface area (Å²) in [6, 6.07) is 15.6. The van der Waals surface area contributed by atoms with Gasteiger partial charge in [0.05, 0.1) is 12.0 Å². The van der Waals surface area contributed by atoms with Crippen molar-refractivity contribution >= 4 is 58.6 Å². The zero-order chi connectivity index (χ0) is 19.8. The molecular formula is C19H17ClN4OS3. The maximum absolute atomic E-state index is 11.9. The number of halogens is 1. The van der Waals surface area contributed by atoms with Crippen LogP contribution in [0.5, 0.6) is 0 Å². The minimum absolute atomic E-state index is 0.186. The second-order valence-corrected chi connectivity index (χ2v) is 9.54. The van der Waals surface area contributed by atoms with Crippen molar-refractivity contribution in [1.82, 2.24) is 15.6 Å². The van der Waals surface area contributed by atoms with Gasteiger partial charge >= 0.3 is 0 Å². The van der Waals surface area contributed by atoms with E-state index < -0.39 is 0 Å². The van der Waals surface area contributed by atoms with Crippen molar-refractivity contribution in [3.63, 3.8) is 0 Å². The quantitative estimate of drug-likeness (QED) is 0.297. The third kappa shape index (κ3) is 6.63. The van der Waals surface area contributed by atoms with Crippen LogP contribution in [0.25, 0.3) is 0 Å². The Hall–Kier alpha value is -1.87. The second kappa shape index (κ2) is 10.6. The molecule has 9 heteroatoms. The SMILES string of the molecule is Cc1cccc(/C=N\NC(=O)CSc2nnc(SCc3ccccc3Cl)s2)c1. The van der Waals surface area contributed by atoms with Crippen molar-refractivity contribution in [3.05, 3.63) is 70.2 Å². The fourth-order valence-electron chi connectivity index (χ4n) is 2.16. The molecule has 1 heterocycles. The monoisotopic (exact) mass is 448 g/mol. The fourth-order valence-corrected chi connectivity index (χ4v) is 5.26. The number of carbonyl (C=O) groups excluding carboxylic acids is 1. The van der Waals surface area contributed by atoms with Crippen LogP contribution in [0.2, 0.25) is 5.02 Å². The maximum atomic E-state index is 11.9. The first kappa shape index (κ1) is 20.9. The van der Waals surface area contributed by atoms with Crippen LogP contribution in [0.3, 0.4) is 0 Å². The van der Waals surface area contributed by atoms with Crippen LogP contribution in [0.15, 0.2) is 62.3 Å². The first-order valence-electron chi connectivity index (χ1n) is 8.31. The molecule has 3 rings (SSSR count). The summed E-state index contributed by atoms with van der Waals surface area (Å²) >= 11 is 10.5. The van der Waals surface area contributed by atoms with Crippen molar-refractivity contribution in [2.45, 2.75) is 21.4 Å². The van der Waals surface area contributed by atoms with Crippen molar-refractivity contribution in [3.8, 4) is 0 Å². The van der Waals surface area contributed by atoms with Crippen LogP contribution in [0.1, 0.15) is 16.7 Å². The van der Waals surface area contributed by atoms with Crippen LogP contribution in [0.4, 0.5) is 0 Å². The first-order valence-corrected chi connectivity index (χ1v) is 11.5. The summed E-state index contributed by atoms with van der Waals surface area (Å²) in [5.41, 5.74) is 5.67. The number of hydrazone groups is 1. The summed E-state index contributed by atoms with van der Waals surface area (Å²) < 4.78 is 1.60. The first-order chi connectivity index (χ1) is 13.6. The maximum Gasteiger partial charge on any atom is 0.250 e. The number of carbonyl (C=O) groups is 1. The van der Waals surface area contributed by atoms with E-state index in [0.717, 1.165) is 36.1 Å². The van der Waals surface area contributed by atoms with E-state index in [1.54, 1.807) is 18.0 Å². The van der Waals surface area contributed by atoms with Crippen LogP contribution >= 0.6 is 46.5 Å². The zero-order valence-electron chi connectivity index (χ0n) is 15.0. The van der Waals surface area contributed by atoms with Gasteiger partial charge in [0.2, 0.25) is 0 Å². The Kier molecular flexibility index (Phi) is 7.90. The lowest BCUT2D eigenvalue weighted by molar-refractivity contribution is -0.118. The van der Waals surface area contributed by atoms with Crippen molar-refractivity contribution in [2.24, 2.45) is 5.10 Å². The van der Waals surface area contributed by atoms with Crippen LogP contribution < -0.4 is 5.43 Å². The van der Waals surface area contributed by atoms with Gasteiger partial charge in [-0.2, -0.15) is 5.10 Å². The predicted octanol–water partition coefficient (Wildman–Crippen LogP) is 5.03. The number of hydrogen-bond acceptors (Lipinski definition) is 7. The van der Waals surface area contributed by atoms with Gasteiger partial charge in [-0.3, -0.25) is 4.79 Å². The summed E-state index contributed by atoms with van der Waals surface area (Å²) in [5.74, 6) is 0.775. The molecule has 0 saturated carbocycles. The number of nitrogens with zero attached hydrogens (tertiary/aromatic N) is 3. The number of amides is 1. The molecule has 28 heavy (non-hydrogen) atoms. The van der Waals surface area contributed by atoms with Crippen LogP contribution in [0, 0.1) is 6.92 Å². The highest BCUT2D eigenvalue weighted by Crippen LogP contribution is 2.32. The molecule has 0 atom stereocenters. The van der Waals surface area contributed by atoms with Crippen molar-refractivity contribution < 1.29 is 4.79 Å². The molecule has 5 nitrogen and oxygen atoms in total. The number of thioether (sulfide) groups is 2. The molecule has 1 amide bonds. The zero-order valence-corrected chi connectivity index (χ0v) is 18.2. The molecule has 0 aliphatic carbocycles. The number of hydrogen-bond donors (Lipinski definition) is 1. The summed E-state index contributed by atoms with van der Waals surface area (Å²) in [5, 5.41) is 13.0. The summed E-state index contributed by atoms with van der Waals surface area (Å²) in [6.07, 6.45) is 1.63. The average molecular weight is 449 g/mol. The molecular weight excluding hydrogens is 432 g/mol. The second-order valence-electron chi connectivity index (χ2n) is 5.71. The summed E-state index contributed by atoms with van der Waals surface area (Å²) in [4.78, 5) is 11.9. The molecule has 0 saturated heterocycles. The molecule has 0 spiro atoms. The number of aryl methyl sites for hydroxylation is 1. The number of nitrogens with one attached hydrogen (secondary N) is 1. The third-order valence-electron chi connectivity index (χ3n) is 3.47. The Morgan fingerprint density at radius 2 is 1.96 bits per heavy atom. The van der Waals surface area contributed by atoms with Crippen LogP contribution in [-0.4, -0.2) is 28.1 Å². The van der Waals surface area contributed by atoms with Gasteiger partial charge in [0.25, 0.3) is 5.91 Å². The standard InChI is InChI=1S/C19H17ClN4OS3/c1-13-5-4-6-14(9-13)10-21-22-17(25)12-27-19-24-23-18(28-19)26-11-15-7-2-3-8-16(15)20/h2-10H,11-12H2,1H3,(H,22,25)/b21-10-. The molecule has 0 bridgehead atoms. The molecule has 144 valence electrons. The number of rotatable bonds is 8.